The van der Waals surface area contributed by atoms with Gasteiger partial charge in [-0.3, -0.25) is 0 Å². The van der Waals surface area contributed by atoms with Gasteiger partial charge in [0.05, 0.1) is 0 Å². The molecular formula is C14H26F6N2. The van der Waals surface area contributed by atoms with Crippen molar-refractivity contribution in [2.75, 3.05) is 13.1 Å². The molecule has 0 amide bonds. The van der Waals surface area contributed by atoms with Crippen molar-refractivity contribution < 1.29 is 26.3 Å². The van der Waals surface area contributed by atoms with Crippen LogP contribution in [0.2, 0.25) is 0 Å². The highest BCUT2D eigenvalue weighted by Crippen LogP contribution is 2.55. The van der Waals surface area contributed by atoms with Gasteiger partial charge in [-0.05, 0) is 32.4 Å². The first kappa shape index (κ1) is 21.5. The Labute approximate surface area is 127 Å². The average Bonchev–Trinajstić information content (AvgIpc) is 2.37. The molecule has 4 N–H and O–H groups in total. The van der Waals surface area contributed by atoms with Crippen molar-refractivity contribution in [2.24, 2.45) is 16.9 Å². The Morgan fingerprint density at radius 1 is 0.500 bits per heavy atom. The summed E-state index contributed by atoms with van der Waals surface area (Å²) in [4.78, 5) is 0. The lowest BCUT2D eigenvalue weighted by Gasteiger charge is -2.37. The summed E-state index contributed by atoms with van der Waals surface area (Å²) >= 11 is 0. The molecule has 0 fully saturated rings. The third-order valence-electron chi connectivity index (χ3n) is 3.96. The topological polar surface area (TPSA) is 52.0 Å². The molecule has 0 bridgehead atoms. The van der Waals surface area contributed by atoms with Crippen molar-refractivity contribution in [2.45, 2.75) is 70.1 Å². The SMILES string of the molecule is NCCCCCCCCCC(CCN)(C(F)(F)F)C(F)(F)F. The Hall–Kier alpha value is -0.500. The van der Waals surface area contributed by atoms with Gasteiger partial charge in [-0.15, -0.1) is 0 Å². The van der Waals surface area contributed by atoms with Gasteiger partial charge in [-0.2, -0.15) is 26.3 Å². The van der Waals surface area contributed by atoms with Crippen LogP contribution in [0.1, 0.15) is 57.8 Å². The molecule has 0 heterocycles. The molecular weight excluding hydrogens is 310 g/mol. The summed E-state index contributed by atoms with van der Waals surface area (Å²) in [5.74, 6) is 0. The first-order valence-corrected chi connectivity index (χ1v) is 7.66. The van der Waals surface area contributed by atoms with Gasteiger partial charge in [0, 0.05) is 0 Å². The summed E-state index contributed by atoms with van der Waals surface area (Å²) in [5.41, 5.74) is 6.65. The normalized spacial score (nSPS) is 13.6. The number of unbranched alkanes of at least 4 members (excludes halogenated alkanes) is 6. The van der Waals surface area contributed by atoms with Crippen molar-refractivity contribution in [3.05, 3.63) is 0 Å². The summed E-state index contributed by atoms with van der Waals surface area (Å²) in [7, 11) is 0. The Morgan fingerprint density at radius 3 is 1.27 bits per heavy atom. The Kier molecular flexibility index (Phi) is 9.38. The molecule has 0 aromatic carbocycles. The molecule has 2 nitrogen and oxygen atoms in total. The summed E-state index contributed by atoms with van der Waals surface area (Å²) in [6, 6.07) is 0. The highest BCUT2D eigenvalue weighted by atomic mass is 19.4. The van der Waals surface area contributed by atoms with Crippen molar-refractivity contribution in [1.29, 1.82) is 0 Å². The molecule has 22 heavy (non-hydrogen) atoms. The van der Waals surface area contributed by atoms with Gasteiger partial charge < -0.3 is 11.5 Å². The van der Waals surface area contributed by atoms with Crippen LogP contribution >= 0.6 is 0 Å². The summed E-state index contributed by atoms with van der Waals surface area (Å²) in [6.45, 7) is -0.0448. The van der Waals surface area contributed by atoms with E-state index in [1.54, 1.807) is 0 Å². The second-order valence-electron chi connectivity index (χ2n) is 5.63. The van der Waals surface area contributed by atoms with Crippen LogP contribution in [0.15, 0.2) is 0 Å². The van der Waals surface area contributed by atoms with Gasteiger partial charge in [0.25, 0.3) is 0 Å². The predicted molar refractivity (Wildman–Crippen MR) is 74.2 cm³/mol. The molecule has 0 radical (unpaired) electrons. The minimum atomic E-state index is -5.33. The molecule has 0 aliphatic carbocycles. The zero-order valence-corrected chi connectivity index (χ0v) is 12.7. The highest BCUT2D eigenvalue weighted by Gasteiger charge is 2.69. The summed E-state index contributed by atoms with van der Waals surface area (Å²) in [6.07, 6.45) is -8.27. The van der Waals surface area contributed by atoms with Gasteiger partial charge in [0.2, 0.25) is 0 Å². The van der Waals surface area contributed by atoms with E-state index >= 15 is 0 Å². The fourth-order valence-corrected chi connectivity index (χ4v) is 2.55. The Balaban J connectivity index is 4.43. The maximum atomic E-state index is 13.0. The molecule has 0 unspecified atom stereocenters. The standard InChI is InChI=1S/C14H26F6N2/c15-13(16,17)12(9-11-22,14(18,19)20)8-6-4-2-1-3-5-7-10-21/h1-11,21-22H2. The van der Waals surface area contributed by atoms with Gasteiger partial charge >= 0.3 is 12.4 Å². The molecule has 0 saturated heterocycles. The third kappa shape index (κ3) is 6.32. The van der Waals surface area contributed by atoms with Gasteiger partial charge in [-0.1, -0.05) is 38.5 Å². The number of nitrogens with two attached hydrogens (primary N) is 2. The molecule has 8 heteroatoms. The van der Waals surface area contributed by atoms with Crippen LogP contribution in [0.4, 0.5) is 26.3 Å². The van der Waals surface area contributed by atoms with E-state index in [1.807, 2.05) is 0 Å². The number of halogens is 6. The van der Waals surface area contributed by atoms with Crippen molar-refractivity contribution in [1.82, 2.24) is 0 Å². The number of hydrogen-bond donors (Lipinski definition) is 2. The second-order valence-corrected chi connectivity index (χ2v) is 5.63. The van der Waals surface area contributed by atoms with E-state index in [0.717, 1.165) is 25.7 Å². The summed E-state index contributed by atoms with van der Waals surface area (Å²) < 4.78 is 77.9. The first-order valence-electron chi connectivity index (χ1n) is 7.66. The van der Waals surface area contributed by atoms with E-state index in [0.29, 0.717) is 19.4 Å². The lowest BCUT2D eigenvalue weighted by atomic mass is 9.77. The largest absolute Gasteiger partial charge is 0.403 e. The van der Waals surface area contributed by atoms with Gasteiger partial charge in [-0.25, -0.2) is 0 Å². The molecule has 0 aliphatic rings. The molecule has 0 aromatic heterocycles. The van der Waals surface area contributed by atoms with Gasteiger partial charge in [0.15, 0.2) is 5.41 Å². The van der Waals surface area contributed by atoms with E-state index in [9.17, 15) is 26.3 Å². The van der Waals surface area contributed by atoms with E-state index < -0.39 is 37.2 Å². The molecule has 0 spiro atoms. The minimum Gasteiger partial charge on any atom is -0.330 e. The third-order valence-corrected chi connectivity index (χ3v) is 3.96. The van der Waals surface area contributed by atoms with Crippen LogP contribution in [0.5, 0.6) is 0 Å². The summed E-state index contributed by atoms with van der Waals surface area (Å²) in [5, 5.41) is 0. The van der Waals surface area contributed by atoms with Crippen molar-refractivity contribution >= 4 is 0 Å². The number of hydrogen-bond acceptors (Lipinski definition) is 2. The molecule has 0 atom stereocenters. The number of rotatable bonds is 11. The number of alkyl halides is 6. The van der Waals surface area contributed by atoms with Crippen molar-refractivity contribution in [3.63, 3.8) is 0 Å². The Morgan fingerprint density at radius 2 is 0.909 bits per heavy atom. The minimum absolute atomic E-state index is 0.101. The maximum Gasteiger partial charge on any atom is 0.403 e. The van der Waals surface area contributed by atoms with Crippen molar-refractivity contribution in [3.8, 4) is 0 Å². The Bertz CT molecular complexity index is 274. The average molecular weight is 336 g/mol. The predicted octanol–water partition coefficient (Wildman–Crippen LogP) is 4.53. The van der Waals surface area contributed by atoms with Crippen LogP contribution in [0.3, 0.4) is 0 Å². The van der Waals surface area contributed by atoms with Crippen LogP contribution in [-0.4, -0.2) is 25.4 Å². The first-order chi connectivity index (χ1) is 10.1. The maximum absolute atomic E-state index is 13.0. The lowest BCUT2D eigenvalue weighted by Crippen LogP contribution is -2.51. The van der Waals surface area contributed by atoms with Crippen LogP contribution in [0.25, 0.3) is 0 Å². The second kappa shape index (κ2) is 9.60. The molecule has 134 valence electrons. The van der Waals surface area contributed by atoms with Crippen LogP contribution in [0, 0.1) is 5.41 Å². The highest BCUT2D eigenvalue weighted by molar-refractivity contribution is 4.93. The molecule has 0 aliphatic heterocycles. The lowest BCUT2D eigenvalue weighted by molar-refractivity contribution is -0.345. The zero-order chi connectivity index (χ0) is 17.3. The van der Waals surface area contributed by atoms with E-state index in [1.165, 1.54) is 0 Å². The quantitative estimate of drug-likeness (QED) is 0.430. The van der Waals surface area contributed by atoms with E-state index in [-0.39, 0.29) is 6.42 Å². The fraction of sp³-hybridized carbons (Fsp3) is 1.00. The molecule has 0 rings (SSSR count). The smallest absolute Gasteiger partial charge is 0.330 e. The zero-order valence-electron chi connectivity index (χ0n) is 12.7. The monoisotopic (exact) mass is 336 g/mol. The van der Waals surface area contributed by atoms with Crippen LogP contribution in [-0.2, 0) is 0 Å². The van der Waals surface area contributed by atoms with E-state index in [4.69, 9.17) is 11.5 Å². The van der Waals surface area contributed by atoms with Crippen LogP contribution < -0.4 is 11.5 Å². The molecule has 0 aromatic rings. The fourth-order valence-electron chi connectivity index (χ4n) is 2.55. The molecule has 0 saturated carbocycles. The van der Waals surface area contributed by atoms with Gasteiger partial charge in [0.1, 0.15) is 0 Å². The van der Waals surface area contributed by atoms with E-state index in [2.05, 4.69) is 0 Å².